The van der Waals surface area contributed by atoms with E-state index >= 15 is 0 Å². The number of ether oxygens (including phenoxy) is 3. The van der Waals surface area contributed by atoms with Crippen LogP contribution in [0, 0.1) is 0 Å². The Morgan fingerprint density at radius 3 is 2.54 bits per heavy atom. The standard InChI is InChI=1S/C18H20N2O4/c1-4-24-15-8-6-5-7-14(15)12-19-20-18(21)13-9-10-16(22-2)17(11-13)23-3/h5-12H,4H2,1-3H3,(H,20,21)/b19-12-. The van der Waals surface area contributed by atoms with Crippen LogP contribution in [0.25, 0.3) is 0 Å². The Balaban J connectivity index is 2.08. The van der Waals surface area contributed by atoms with Crippen molar-refractivity contribution in [3.63, 3.8) is 0 Å². The first-order valence-electron chi connectivity index (χ1n) is 7.46. The van der Waals surface area contributed by atoms with Gasteiger partial charge < -0.3 is 14.2 Å². The molecule has 0 aliphatic heterocycles. The zero-order chi connectivity index (χ0) is 17.4. The number of amides is 1. The van der Waals surface area contributed by atoms with Crippen LogP contribution in [0.1, 0.15) is 22.8 Å². The molecule has 0 saturated carbocycles. The van der Waals surface area contributed by atoms with Gasteiger partial charge >= 0.3 is 0 Å². The molecule has 0 radical (unpaired) electrons. The van der Waals surface area contributed by atoms with E-state index in [2.05, 4.69) is 10.5 Å². The van der Waals surface area contributed by atoms with Gasteiger partial charge in [0.15, 0.2) is 11.5 Å². The topological polar surface area (TPSA) is 69.2 Å². The Bertz CT molecular complexity index is 729. The third-order valence-electron chi connectivity index (χ3n) is 3.23. The van der Waals surface area contributed by atoms with E-state index in [1.807, 2.05) is 31.2 Å². The molecule has 6 nitrogen and oxygen atoms in total. The lowest BCUT2D eigenvalue weighted by atomic mass is 10.2. The molecule has 0 aliphatic carbocycles. The van der Waals surface area contributed by atoms with Gasteiger partial charge in [-0.05, 0) is 37.3 Å². The van der Waals surface area contributed by atoms with Crippen molar-refractivity contribution >= 4 is 12.1 Å². The van der Waals surface area contributed by atoms with E-state index in [1.54, 1.807) is 24.4 Å². The van der Waals surface area contributed by atoms with Gasteiger partial charge in [0.05, 0.1) is 27.0 Å². The molecule has 126 valence electrons. The summed E-state index contributed by atoms with van der Waals surface area (Å²) in [7, 11) is 3.06. The minimum Gasteiger partial charge on any atom is -0.493 e. The summed E-state index contributed by atoms with van der Waals surface area (Å²) in [6, 6.07) is 12.4. The Labute approximate surface area is 141 Å². The number of nitrogens with one attached hydrogen (secondary N) is 1. The highest BCUT2D eigenvalue weighted by molar-refractivity contribution is 5.95. The average molecular weight is 328 g/mol. The number of benzene rings is 2. The maximum absolute atomic E-state index is 12.2. The number of hydrogen-bond donors (Lipinski definition) is 1. The van der Waals surface area contributed by atoms with E-state index in [1.165, 1.54) is 14.2 Å². The fraction of sp³-hybridized carbons (Fsp3) is 0.222. The minimum absolute atomic E-state index is 0.346. The van der Waals surface area contributed by atoms with Gasteiger partial charge in [-0.15, -0.1) is 0 Å². The second-order valence-corrected chi connectivity index (χ2v) is 4.74. The maximum Gasteiger partial charge on any atom is 0.271 e. The summed E-state index contributed by atoms with van der Waals surface area (Å²) in [5, 5.41) is 3.98. The van der Waals surface area contributed by atoms with Crippen LogP contribution in [0.4, 0.5) is 0 Å². The summed E-state index contributed by atoms with van der Waals surface area (Å²) >= 11 is 0. The van der Waals surface area contributed by atoms with Crippen LogP contribution >= 0.6 is 0 Å². The monoisotopic (exact) mass is 328 g/mol. The van der Waals surface area contributed by atoms with Crippen molar-refractivity contribution < 1.29 is 19.0 Å². The molecule has 0 aromatic heterocycles. The molecule has 0 fully saturated rings. The van der Waals surface area contributed by atoms with E-state index in [0.29, 0.717) is 29.4 Å². The predicted molar refractivity (Wildman–Crippen MR) is 92.2 cm³/mol. The van der Waals surface area contributed by atoms with Crippen molar-refractivity contribution in [2.45, 2.75) is 6.92 Å². The Morgan fingerprint density at radius 1 is 1.08 bits per heavy atom. The van der Waals surface area contributed by atoms with Crippen molar-refractivity contribution in [1.29, 1.82) is 0 Å². The molecule has 2 aromatic carbocycles. The van der Waals surface area contributed by atoms with Gasteiger partial charge in [-0.2, -0.15) is 5.10 Å². The van der Waals surface area contributed by atoms with Gasteiger partial charge in [0.25, 0.3) is 5.91 Å². The van der Waals surface area contributed by atoms with Crippen molar-refractivity contribution in [3.05, 3.63) is 53.6 Å². The Morgan fingerprint density at radius 2 is 1.83 bits per heavy atom. The molecule has 0 heterocycles. The summed E-state index contributed by atoms with van der Waals surface area (Å²) in [6.45, 7) is 2.47. The van der Waals surface area contributed by atoms with Crippen LogP contribution in [-0.2, 0) is 0 Å². The summed E-state index contributed by atoms with van der Waals surface area (Å²) in [6.07, 6.45) is 1.55. The molecule has 0 unspecified atom stereocenters. The largest absolute Gasteiger partial charge is 0.493 e. The SMILES string of the molecule is CCOc1ccccc1/C=N\NC(=O)c1ccc(OC)c(OC)c1. The Hall–Kier alpha value is -3.02. The van der Waals surface area contributed by atoms with Crippen molar-refractivity contribution in [2.75, 3.05) is 20.8 Å². The lowest BCUT2D eigenvalue weighted by molar-refractivity contribution is 0.0954. The zero-order valence-corrected chi connectivity index (χ0v) is 13.9. The number of methoxy groups -OCH3 is 2. The molecule has 0 saturated heterocycles. The molecule has 0 aliphatic rings. The maximum atomic E-state index is 12.2. The smallest absolute Gasteiger partial charge is 0.271 e. The van der Waals surface area contributed by atoms with Crippen LogP contribution < -0.4 is 19.6 Å². The molecule has 0 atom stereocenters. The number of hydrazone groups is 1. The molecule has 24 heavy (non-hydrogen) atoms. The molecule has 2 rings (SSSR count). The molecule has 0 spiro atoms. The third-order valence-corrected chi connectivity index (χ3v) is 3.23. The van der Waals surface area contributed by atoms with Gasteiger partial charge in [-0.3, -0.25) is 4.79 Å². The van der Waals surface area contributed by atoms with Crippen LogP contribution in [0.5, 0.6) is 17.2 Å². The quantitative estimate of drug-likeness (QED) is 0.627. The molecule has 1 amide bonds. The lowest BCUT2D eigenvalue weighted by Gasteiger charge is -2.08. The number of nitrogens with zero attached hydrogens (tertiary/aromatic N) is 1. The first-order valence-corrected chi connectivity index (χ1v) is 7.46. The number of carbonyl (C=O) groups is 1. The van der Waals surface area contributed by atoms with Crippen LogP contribution in [0.2, 0.25) is 0 Å². The number of rotatable bonds is 7. The lowest BCUT2D eigenvalue weighted by Crippen LogP contribution is -2.17. The van der Waals surface area contributed by atoms with Gasteiger partial charge in [0.1, 0.15) is 5.75 Å². The van der Waals surface area contributed by atoms with Crippen molar-refractivity contribution in [3.8, 4) is 17.2 Å². The summed E-state index contributed by atoms with van der Waals surface area (Å²) < 4.78 is 15.8. The first kappa shape index (κ1) is 17.3. The van der Waals surface area contributed by atoms with E-state index < -0.39 is 0 Å². The molecule has 2 aromatic rings. The van der Waals surface area contributed by atoms with Crippen LogP contribution in [0.15, 0.2) is 47.6 Å². The van der Waals surface area contributed by atoms with E-state index in [9.17, 15) is 4.79 Å². The van der Waals surface area contributed by atoms with Crippen molar-refractivity contribution in [1.82, 2.24) is 5.43 Å². The summed E-state index contributed by atoms with van der Waals surface area (Å²) in [4.78, 5) is 12.2. The minimum atomic E-state index is -0.346. The highest BCUT2D eigenvalue weighted by Crippen LogP contribution is 2.27. The van der Waals surface area contributed by atoms with Gasteiger partial charge in [-0.25, -0.2) is 5.43 Å². The van der Waals surface area contributed by atoms with Gasteiger partial charge in [-0.1, -0.05) is 12.1 Å². The number of para-hydroxylation sites is 1. The van der Waals surface area contributed by atoms with E-state index in [0.717, 1.165) is 5.56 Å². The summed E-state index contributed by atoms with van der Waals surface area (Å²) in [5.74, 6) is 1.41. The van der Waals surface area contributed by atoms with Gasteiger partial charge in [0.2, 0.25) is 0 Å². The van der Waals surface area contributed by atoms with E-state index in [4.69, 9.17) is 14.2 Å². The Kier molecular flexibility index (Phi) is 6.19. The second-order valence-electron chi connectivity index (χ2n) is 4.74. The summed E-state index contributed by atoms with van der Waals surface area (Å²) in [5.41, 5.74) is 3.69. The average Bonchev–Trinajstić information content (AvgIpc) is 2.62. The predicted octanol–water partition coefficient (Wildman–Crippen LogP) is 2.87. The fourth-order valence-corrected chi connectivity index (χ4v) is 2.08. The number of hydrogen-bond acceptors (Lipinski definition) is 5. The molecular weight excluding hydrogens is 308 g/mol. The highest BCUT2D eigenvalue weighted by Gasteiger charge is 2.10. The fourth-order valence-electron chi connectivity index (χ4n) is 2.08. The molecule has 0 bridgehead atoms. The van der Waals surface area contributed by atoms with Crippen LogP contribution in [0.3, 0.4) is 0 Å². The zero-order valence-electron chi connectivity index (χ0n) is 13.9. The molecule has 6 heteroatoms. The van der Waals surface area contributed by atoms with Crippen LogP contribution in [-0.4, -0.2) is 32.9 Å². The highest BCUT2D eigenvalue weighted by atomic mass is 16.5. The first-order chi connectivity index (χ1) is 11.7. The molecule has 1 N–H and O–H groups in total. The van der Waals surface area contributed by atoms with Crippen molar-refractivity contribution in [2.24, 2.45) is 5.10 Å². The normalized spacial score (nSPS) is 10.5. The molecular formula is C18H20N2O4. The van der Waals surface area contributed by atoms with E-state index in [-0.39, 0.29) is 5.91 Å². The third kappa shape index (κ3) is 4.25. The van der Waals surface area contributed by atoms with Gasteiger partial charge in [0, 0.05) is 11.1 Å². The second kappa shape index (κ2) is 8.57. The number of carbonyl (C=O) groups excluding carboxylic acids is 1.